The molecule has 7 heteroatoms. The molecule has 0 aliphatic heterocycles. The highest BCUT2D eigenvalue weighted by atomic mass is 35.5. The molecule has 0 aliphatic carbocycles. The molecule has 0 bridgehead atoms. The number of benzene rings is 2. The normalized spacial score (nSPS) is 11.2. The number of hydrogen-bond donors (Lipinski definition) is 1. The van der Waals surface area contributed by atoms with Gasteiger partial charge in [-0.1, -0.05) is 55.2 Å². The molecular formula is C18H18Cl2N2O3. The average Bonchev–Trinajstić information content (AvgIpc) is 2.56. The van der Waals surface area contributed by atoms with Gasteiger partial charge in [0.2, 0.25) is 5.91 Å². The van der Waals surface area contributed by atoms with Crippen LogP contribution in [0.2, 0.25) is 10.0 Å². The Morgan fingerprint density at radius 3 is 2.32 bits per heavy atom. The third-order valence-electron chi connectivity index (χ3n) is 3.94. The zero-order valence-corrected chi connectivity index (χ0v) is 15.4. The lowest BCUT2D eigenvalue weighted by Crippen LogP contribution is -2.37. The van der Waals surface area contributed by atoms with Gasteiger partial charge in [0.05, 0.1) is 21.4 Å². The minimum atomic E-state index is -0.469. The monoisotopic (exact) mass is 380 g/mol. The second-order valence-corrected chi connectivity index (χ2v) is 7.20. The maximum absolute atomic E-state index is 12.1. The summed E-state index contributed by atoms with van der Waals surface area (Å²) in [5.41, 5.74) is 1.37. The third kappa shape index (κ3) is 5.18. The molecule has 0 atom stereocenters. The van der Waals surface area contributed by atoms with Crippen molar-refractivity contribution in [2.24, 2.45) is 0 Å². The van der Waals surface area contributed by atoms with E-state index in [1.54, 1.807) is 24.3 Å². The summed E-state index contributed by atoms with van der Waals surface area (Å²) in [5, 5.41) is 14.5. The van der Waals surface area contributed by atoms with Crippen molar-refractivity contribution in [3.63, 3.8) is 0 Å². The molecule has 0 spiro atoms. The van der Waals surface area contributed by atoms with Crippen molar-refractivity contribution in [1.29, 1.82) is 0 Å². The van der Waals surface area contributed by atoms with E-state index >= 15 is 0 Å². The van der Waals surface area contributed by atoms with E-state index in [1.165, 1.54) is 12.1 Å². The Bertz CT molecular complexity index is 789. The van der Waals surface area contributed by atoms with Crippen LogP contribution in [0, 0.1) is 10.1 Å². The minimum absolute atomic E-state index is 0.00454. The first-order valence-corrected chi connectivity index (χ1v) is 8.40. The number of halogens is 2. The van der Waals surface area contributed by atoms with E-state index in [-0.39, 0.29) is 23.4 Å². The zero-order valence-electron chi connectivity index (χ0n) is 13.9. The fourth-order valence-electron chi connectivity index (χ4n) is 2.32. The second kappa shape index (κ2) is 7.85. The van der Waals surface area contributed by atoms with Crippen molar-refractivity contribution >= 4 is 34.8 Å². The minimum Gasteiger partial charge on any atom is -0.355 e. The number of hydrogen-bond acceptors (Lipinski definition) is 3. The maximum atomic E-state index is 12.1. The van der Waals surface area contributed by atoms with Gasteiger partial charge in [-0.15, -0.1) is 0 Å². The Morgan fingerprint density at radius 2 is 1.76 bits per heavy atom. The van der Waals surface area contributed by atoms with Gasteiger partial charge in [-0.05, 0) is 23.3 Å². The molecule has 0 aromatic heterocycles. The standard InChI is InChI=1S/C18H18Cl2N2O3/c1-18(2,13-5-8-15(19)16(20)10-13)11-21-17(23)9-12-3-6-14(7-4-12)22(24)25/h3-8,10H,9,11H2,1-2H3,(H,21,23). The van der Waals surface area contributed by atoms with Crippen LogP contribution < -0.4 is 5.32 Å². The molecule has 0 radical (unpaired) electrons. The molecule has 1 amide bonds. The molecular weight excluding hydrogens is 363 g/mol. The quantitative estimate of drug-likeness (QED) is 0.590. The summed E-state index contributed by atoms with van der Waals surface area (Å²) in [5.74, 6) is -0.151. The molecule has 5 nitrogen and oxygen atoms in total. The first-order chi connectivity index (χ1) is 11.7. The number of rotatable bonds is 6. The van der Waals surface area contributed by atoms with Crippen LogP contribution in [0.1, 0.15) is 25.0 Å². The van der Waals surface area contributed by atoms with Gasteiger partial charge in [0.25, 0.3) is 5.69 Å². The van der Waals surface area contributed by atoms with Crippen LogP contribution in [-0.2, 0) is 16.6 Å². The Morgan fingerprint density at radius 1 is 1.12 bits per heavy atom. The molecule has 2 aromatic carbocycles. The fraction of sp³-hybridized carbons (Fsp3) is 0.278. The van der Waals surface area contributed by atoms with E-state index in [0.29, 0.717) is 16.6 Å². The van der Waals surface area contributed by atoms with E-state index in [0.717, 1.165) is 11.1 Å². The predicted molar refractivity (Wildman–Crippen MR) is 99.3 cm³/mol. The molecule has 0 heterocycles. The lowest BCUT2D eigenvalue weighted by atomic mass is 9.84. The van der Waals surface area contributed by atoms with Crippen molar-refractivity contribution in [2.75, 3.05) is 6.54 Å². The lowest BCUT2D eigenvalue weighted by molar-refractivity contribution is -0.384. The molecule has 0 saturated carbocycles. The summed E-state index contributed by atoms with van der Waals surface area (Å²) in [7, 11) is 0. The summed E-state index contributed by atoms with van der Waals surface area (Å²) < 4.78 is 0. The number of nitro groups is 1. The molecule has 2 aromatic rings. The van der Waals surface area contributed by atoms with Gasteiger partial charge < -0.3 is 5.32 Å². The number of amides is 1. The molecule has 0 unspecified atom stereocenters. The number of non-ortho nitro benzene ring substituents is 1. The van der Waals surface area contributed by atoms with E-state index in [2.05, 4.69) is 5.32 Å². The maximum Gasteiger partial charge on any atom is 0.269 e. The number of nitrogens with one attached hydrogen (secondary N) is 1. The Hall–Kier alpha value is -2.11. The lowest BCUT2D eigenvalue weighted by Gasteiger charge is -2.26. The fourth-order valence-corrected chi connectivity index (χ4v) is 2.62. The SMILES string of the molecule is CC(C)(CNC(=O)Cc1ccc([N+](=O)[O-])cc1)c1ccc(Cl)c(Cl)c1. The van der Waals surface area contributed by atoms with Crippen LogP contribution in [0.3, 0.4) is 0 Å². The molecule has 0 fully saturated rings. The molecule has 0 aliphatic rings. The molecule has 25 heavy (non-hydrogen) atoms. The van der Waals surface area contributed by atoms with Gasteiger partial charge in [0, 0.05) is 24.1 Å². The van der Waals surface area contributed by atoms with Crippen LogP contribution in [0.5, 0.6) is 0 Å². The Kier molecular flexibility index (Phi) is 6.03. The molecule has 2 rings (SSSR count). The summed E-state index contributed by atoms with van der Waals surface area (Å²) in [6.45, 7) is 4.42. The Labute approximate surface area is 156 Å². The average molecular weight is 381 g/mol. The smallest absolute Gasteiger partial charge is 0.269 e. The molecule has 1 N–H and O–H groups in total. The van der Waals surface area contributed by atoms with Gasteiger partial charge >= 0.3 is 0 Å². The summed E-state index contributed by atoms with van der Waals surface area (Å²) in [4.78, 5) is 22.3. The van der Waals surface area contributed by atoms with Crippen LogP contribution in [0.25, 0.3) is 0 Å². The predicted octanol–water partition coefficient (Wildman–Crippen LogP) is 4.54. The van der Waals surface area contributed by atoms with Crippen LogP contribution in [0.4, 0.5) is 5.69 Å². The van der Waals surface area contributed by atoms with Crippen molar-refractivity contribution in [3.8, 4) is 0 Å². The summed E-state index contributed by atoms with van der Waals surface area (Å²) >= 11 is 12.0. The van der Waals surface area contributed by atoms with Crippen LogP contribution in [-0.4, -0.2) is 17.4 Å². The van der Waals surface area contributed by atoms with E-state index in [1.807, 2.05) is 19.9 Å². The third-order valence-corrected chi connectivity index (χ3v) is 4.68. The highest BCUT2D eigenvalue weighted by Gasteiger charge is 2.22. The van der Waals surface area contributed by atoms with Gasteiger partial charge in [-0.25, -0.2) is 0 Å². The van der Waals surface area contributed by atoms with Gasteiger partial charge in [0.15, 0.2) is 0 Å². The second-order valence-electron chi connectivity index (χ2n) is 6.39. The topological polar surface area (TPSA) is 72.2 Å². The first kappa shape index (κ1) is 19.2. The van der Waals surface area contributed by atoms with Crippen molar-refractivity contribution < 1.29 is 9.72 Å². The van der Waals surface area contributed by atoms with Crippen molar-refractivity contribution in [1.82, 2.24) is 5.32 Å². The van der Waals surface area contributed by atoms with Gasteiger partial charge in [0.1, 0.15) is 0 Å². The van der Waals surface area contributed by atoms with Gasteiger partial charge in [-0.3, -0.25) is 14.9 Å². The summed E-state index contributed by atoms with van der Waals surface area (Å²) in [6, 6.07) is 11.4. The van der Waals surface area contributed by atoms with E-state index in [4.69, 9.17) is 23.2 Å². The number of carbonyl (C=O) groups is 1. The molecule has 132 valence electrons. The van der Waals surface area contributed by atoms with E-state index < -0.39 is 4.92 Å². The summed E-state index contributed by atoms with van der Waals surface area (Å²) in [6.07, 6.45) is 0.162. The Balaban J connectivity index is 1.96. The van der Waals surface area contributed by atoms with Gasteiger partial charge in [-0.2, -0.15) is 0 Å². The number of carbonyl (C=O) groups excluding carboxylic acids is 1. The van der Waals surface area contributed by atoms with Crippen LogP contribution in [0.15, 0.2) is 42.5 Å². The zero-order chi connectivity index (χ0) is 18.6. The van der Waals surface area contributed by atoms with Crippen LogP contribution >= 0.6 is 23.2 Å². The highest BCUT2D eigenvalue weighted by Crippen LogP contribution is 2.29. The number of nitrogens with zero attached hydrogens (tertiary/aromatic N) is 1. The highest BCUT2D eigenvalue weighted by molar-refractivity contribution is 6.42. The van der Waals surface area contributed by atoms with Crippen molar-refractivity contribution in [2.45, 2.75) is 25.7 Å². The molecule has 0 saturated heterocycles. The van der Waals surface area contributed by atoms with E-state index in [9.17, 15) is 14.9 Å². The number of nitro benzene ring substituents is 1. The first-order valence-electron chi connectivity index (χ1n) is 7.64. The largest absolute Gasteiger partial charge is 0.355 e. The van der Waals surface area contributed by atoms with Crippen molar-refractivity contribution in [3.05, 3.63) is 73.8 Å².